The Bertz CT molecular complexity index is 375. The molecule has 0 aliphatic rings. The third-order valence-corrected chi connectivity index (χ3v) is 2.79. The van der Waals surface area contributed by atoms with Gasteiger partial charge in [-0.05, 0) is 58.0 Å². The highest BCUT2D eigenvalue weighted by Crippen LogP contribution is 2.15. The lowest BCUT2D eigenvalue weighted by Crippen LogP contribution is -2.37. The Kier molecular flexibility index (Phi) is 6.06. The summed E-state index contributed by atoms with van der Waals surface area (Å²) in [7, 11) is 0. The Morgan fingerprint density at radius 3 is 2.56 bits per heavy atom. The highest BCUT2D eigenvalue weighted by atomic mass is 35.5. The lowest BCUT2D eigenvalue weighted by molar-refractivity contribution is 0.418. The van der Waals surface area contributed by atoms with Gasteiger partial charge in [0.05, 0.1) is 5.02 Å². The second-order valence-corrected chi connectivity index (χ2v) is 5.86. The minimum atomic E-state index is -0.366. The second-order valence-electron chi connectivity index (χ2n) is 5.46. The zero-order valence-corrected chi connectivity index (χ0v) is 12.1. The predicted molar refractivity (Wildman–Crippen MR) is 75.5 cm³/mol. The summed E-state index contributed by atoms with van der Waals surface area (Å²) in [6, 6.07) is 4.82. The molecule has 0 spiro atoms. The van der Waals surface area contributed by atoms with E-state index in [-0.39, 0.29) is 16.4 Å². The van der Waals surface area contributed by atoms with Crippen LogP contribution in [0.2, 0.25) is 5.02 Å². The topological polar surface area (TPSA) is 24.1 Å². The van der Waals surface area contributed by atoms with E-state index in [1.165, 1.54) is 6.07 Å². The van der Waals surface area contributed by atoms with Crippen LogP contribution in [-0.4, -0.2) is 18.6 Å². The maximum absolute atomic E-state index is 12.9. The third kappa shape index (κ3) is 6.34. The molecular weight excluding hydrogens is 251 g/mol. The van der Waals surface area contributed by atoms with Crippen molar-refractivity contribution >= 4 is 11.6 Å². The molecule has 2 nitrogen and oxygen atoms in total. The number of nitrogens with one attached hydrogen (secondary N) is 2. The van der Waals surface area contributed by atoms with E-state index in [9.17, 15) is 4.39 Å². The number of halogens is 2. The van der Waals surface area contributed by atoms with E-state index in [0.29, 0.717) is 0 Å². The molecule has 1 aromatic rings. The molecule has 4 heteroatoms. The largest absolute Gasteiger partial charge is 0.313 e. The average Bonchev–Trinajstić information content (AvgIpc) is 2.26. The number of hydrogen-bond acceptors (Lipinski definition) is 2. The van der Waals surface area contributed by atoms with Gasteiger partial charge in [0, 0.05) is 12.1 Å². The maximum atomic E-state index is 12.9. The minimum absolute atomic E-state index is 0.171. The molecule has 0 heterocycles. The fraction of sp³-hybridized carbons (Fsp3) is 0.571. The van der Waals surface area contributed by atoms with Crippen LogP contribution in [-0.2, 0) is 6.54 Å². The van der Waals surface area contributed by atoms with Crippen molar-refractivity contribution in [3.8, 4) is 0 Å². The molecule has 0 aromatic heterocycles. The van der Waals surface area contributed by atoms with Crippen molar-refractivity contribution in [2.75, 3.05) is 13.1 Å². The molecule has 0 atom stereocenters. The Balaban J connectivity index is 2.16. The summed E-state index contributed by atoms with van der Waals surface area (Å²) >= 11 is 5.71. The first kappa shape index (κ1) is 15.4. The predicted octanol–water partition coefficient (Wildman–Crippen LogP) is 3.35. The van der Waals surface area contributed by atoms with Gasteiger partial charge in [-0.1, -0.05) is 17.7 Å². The van der Waals surface area contributed by atoms with Crippen molar-refractivity contribution in [1.82, 2.24) is 10.6 Å². The standard InChI is InChI=1S/C14H22ClFN2/c1-14(2,3)18-8-4-7-17-10-11-5-6-13(16)12(15)9-11/h5-6,9,17-18H,4,7-8,10H2,1-3H3. The first-order chi connectivity index (χ1) is 8.38. The van der Waals surface area contributed by atoms with Crippen LogP contribution < -0.4 is 10.6 Å². The lowest BCUT2D eigenvalue weighted by Gasteiger charge is -2.20. The molecular formula is C14H22ClFN2. The molecule has 0 unspecified atom stereocenters. The summed E-state index contributed by atoms with van der Waals surface area (Å²) < 4.78 is 12.9. The van der Waals surface area contributed by atoms with E-state index in [2.05, 4.69) is 31.4 Å². The molecule has 0 fully saturated rings. The number of benzene rings is 1. The monoisotopic (exact) mass is 272 g/mol. The highest BCUT2D eigenvalue weighted by molar-refractivity contribution is 6.30. The van der Waals surface area contributed by atoms with Gasteiger partial charge in [-0.2, -0.15) is 0 Å². The van der Waals surface area contributed by atoms with E-state index >= 15 is 0 Å². The van der Waals surface area contributed by atoms with Crippen molar-refractivity contribution in [3.63, 3.8) is 0 Å². The normalized spacial score (nSPS) is 11.8. The number of hydrogen-bond donors (Lipinski definition) is 2. The fourth-order valence-electron chi connectivity index (χ4n) is 1.56. The second kappa shape index (κ2) is 7.07. The quantitative estimate of drug-likeness (QED) is 0.776. The van der Waals surface area contributed by atoms with Crippen molar-refractivity contribution in [2.24, 2.45) is 0 Å². The van der Waals surface area contributed by atoms with Crippen molar-refractivity contribution < 1.29 is 4.39 Å². The third-order valence-electron chi connectivity index (χ3n) is 2.50. The van der Waals surface area contributed by atoms with E-state index in [1.807, 2.05) is 0 Å². The molecule has 1 aromatic carbocycles. The van der Waals surface area contributed by atoms with Crippen molar-refractivity contribution in [1.29, 1.82) is 0 Å². The van der Waals surface area contributed by atoms with Gasteiger partial charge in [-0.3, -0.25) is 0 Å². The van der Waals surface area contributed by atoms with Crippen LogP contribution in [0.25, 0.3) is 0 Å². The summed E-state index contributed by atoms with van der Waals surface area (Å²) in [6.07, 6.45) is 1.06. The highest BCUT2D eigenvalue weighted by Gasteiger charge is 2.06. The first-order valence-electron chi connectivity index (χ1n) is 6.28. The molecule has 0 saturated heterocycles. The van der Waals surface area contributed by atoms with Gasteiger partial charge >= 0.3 is 0 Å². The van der Waals surface area contributed by atoms with Crippen LogP contribution in [0.5, 0.6) is 0 Å². The molecule has 0 saturated carbocycles. The Hall–Kier alpha value is -0.640. The molecule has 0 aliphatic heterocycles. The molecule has 18 heavy (non-hydrogen) atoms. The first-order valence-corrected chi connectivity index (χ1v) is 6.66. The van der Waals surface area contributed by atoms with Crippen molar-refractivity contribution in [3.05, 3.63) is 34.6 Å². The Morgan fingerprint density at radius 2 is 1.94 bits per heavy atom. The van der Waals surface area contributed by atoms with E-state index < -0.39 is 0 Å². The smallest absolute Gasteiger partial charge is 0.141 e. The Labute approximate surface area is 114 Å². The van der Waals surface area contributed by atoms with Crippen molar-refractivity contribution in [2.45, 2.75) is 39.3 Å². The van der Waals surface area contributed by atoms with Gasteiger partial charge in [-0.25, -0.2) is 4.39 Å². The summed E-state index contributed by atoms with van der Waals surface area (Å²) in [5, 5.41) is 6.92. The van der Waals surface area contributed by atoms with Gasteiger partial charge in [-0.15, -0.1) is 0 Å². The van der Waals surface area contributed by atoms with Gasteiger partial charge in [0.2, 0.25) is 0 Å². The van der Waals surface area contributed by atoms with E-state index in [1.54, 1.807) is 12.1 Å². The van der Waals surface area contributed by atoms with Gasteiger partial charge in [0.15, 0.2) is 0 Å². The van der Waals surface area contributed by atoms with Gasteiger partial charge in [0.25, 0.3) is 0 Å². The average molecular weight is 273 g/mol. The SMILES string of the molecule is CC(C)(C)NCCCNCc1ccc(F)c(Cl)c1. The molecule has 0 amide bonds. The molecule has 102 valence electrons. The zero-order valence-electron chi connectivity index (χ0n) is 11.3. The molecule has 0 aliphatic carbocycles. The zero-order chi connectivity index (χ0) is 13.6. The summed E-state index contributed by atoms with van der Waals surface area (Å²) in [6.45, 7) is 9.09. The van der Waals surface area contributed by atoms with Crippen LogP contribution in [0.3, 0.4) is 0 Å². The molecule has 1 rings (SSSR count). The lowest BCUT2D eigenvalue weighted by atomic mass is 10.1. The van der Waals surface area contributed by atoms with Crippen LogP contribution in [0, 0.1) is 5.82 Å². The van der Waals surface area contributed by atoms with Gasteiger partial charge in [0.1, 0.15) is 5.82 Å². The number of rotatable bonds is 6. The van der Waals surface area contributed by atoms with Crippen LogP contribution in [0.4, 0.5) is 4.39 Å². The summed E-state index contributed by atoms with van der Waals surface area (Å²) in [5.74, 6) is -0.366. The molecule has 0 radical (unpaired) electrons. The van der Waals surface area contributed by atoms with E-state index in [4.69, 9.17) is 11.6 Å². The molecule has 2 N–H and O–H groups in total. The van der Waals surface area contributed by atoms with Crippen LogP contribution in [0.1, 0.15) is 32.8 Å². The van der Waals surface area contributed by atoms with Gasteiger partial charge < -0.3 is 10.6 Å². The minimum Gasteiger partial charge on any atom is -0.313 e. The summed E-state index contributed by atoms with van der Waals surface area (Å²) in [4.78, 5) is 0. The molecule has 0 bridgehead atoms. The van der Waals surface area contributed by atoms with Crippen LogP contribution in [0.15, 0.2) is 18.2 Å². The maximum Gasteiger partial charge on any atom is 0.141 e. The summed E-state index contributed by atoms with van der Waals surface area (Å²) in [5.41, 5.74) is 1.18. The Morgan fingerprint density at radius 1 is 1.22 bits per heavy atom. The van der Waals surface area contributed by atoms with E-state index in [0.717, 1.165) is 31.6 Å². The van der Waals surface area contributed by atoms with Crippen LogP contribution >= 0.6 is 11.6 Å². The fourth-order valence-corrected chi connectivity index (χ4v) is 1.76.